The maximum Gasteiger partial charge on any atom is 0.219 e. The zero-order valence-electron chi connectivity index (χ0n) is 11.9. The van der Waals surface area contributed by atoms with Gasteiger partial charge in [-0.25, -0.2) is 0 Å². The zero-order valence-corrected chi connectivity index (χ0v) is 13.5. The molecule has 1 amide bonds. The van der Waals surface area contributed by atoms with Gasteiger partial charge in [0.2, 0.25) is 5.91 Å². The lowest BCUT2D eigenvalue weighted by Gasteiger charge is -2.30. The van der Waals surface area contributed by atoms with E-state index in [1.807, 2.05) is 17.0 Å². The topological polar surface area (TPSA) is 49.6 Å². The first-order valence-electron chi connectivity index (χ1n) is 7.07. The average molecular weight is 340 g/mol. The molecule has 1 aliphatic rings. The van der Waals surface area contributed by atoms with Gasteiger partial charge in [-0.3, -0.25) is 9.69 Å². The highest BCUT2D eigenvalue weighted by atomic mass is 79.9. The summed E-state index contributed by atoms with van der Waals surface area (Å²) < 4.78 is 1.10. The van der Waals surface area contributed by atoms with E-state index in [1.165, 1.54) is 5.56 Å². The standard InChI is InChI=1S/C15H22BrN3O/c1-12(20)18-7-4-8-19(10-9-18)15(11-17)13-5-2-3-6-14(13)16/h2-3,5-6,15H,4,7-11,17H2,1H3. The van der Waals surface area contributed by atoms with Gasteiger partial charge in [-0.15, -0.1) is 0 Å². The van der Waals surface area contributed by atoms with Gasteiger partial charge < -0.3 is 10.6 Å². The van der Waals surface area contributed by atoms with Crippen molar-refractivity contribution < 1.29 is 4.79 Å². The van der Waals surface area contributed by atoms with E-state index in [9.17, 15) is 4.79 Å². The van der Waals surface area contributed by atoms with Crippen LogP contribution in [0.15, 0.2) is 28.7 Å². The van der Waals surface area contributed by atoms with Crippen molar-refractivity contribution in [3.8, 4) is 0 Å². The number of hydrogen-bond donors (Lipinski definition) is 1. The maximum absolute atomic E-state index is 11.5. The summed E-state index contributed by atoms with van der Waals surface area (Å²) in [6.07, 6.45) is 1.00. The largest absolute Gasteiger partial charge is 0.342 e. The first kappa shape index (κ1) is 15.5. The smallest absolute Gasteiger partial charge is 0.219 e. The lowest BCUT2D eigenvalue weighted by Crippen LogP contribution is -2.38. The van der Waals surface area contributed by atoms with E-state index >= 15 is 0 Å². The van der Waals surface area contributed by atoms with Gasteiger partial charge in [-0.05, 0) is 18.1 Å². The van der Waals surface area contributed by atoms with Crippen LogP contribution in [0.25, 0.3) is 0 Å². The molecule has 2 N–H and O–H groups in total. The lowest BCUT2D eigenvalue weighted by molar-refractivity contribution is -0.128. The van der Waals surface area contributed by atoms with Crippen molar-refractivity contribution in [3.63, 3.8) is 0 Å². The Kier molecular flexibility index (Phi) is 5.57. The summed E-state index contributed by atoms with van der Waals surface area (Å²) in [5.74, 6) is 0.164. The quantitative estimate of drug-likeness (QED) is 0.916. The molecule has 2 rings (SSSR count). The summed E-state index contributed by atoms with van der Waals surface area (Å²) in [7, 11) is 0. The minimum atomic E-state index is 0.164. The summed E-state index contributed by atoms with van der Waals surface area (Å²) in [5, 5.41) is 0. The molecule has 0 aromatic heterocycles. The molecule has 1 aromatic carbocycles. The number of benzene rings is 1. The third kappa shape index (κ3) is 3.59. The van der Waals surface area contributed by atoms with Gasteiger partial charge in [0, 0.05) is 50.2 Å². The maximum atomic E-state index is 11.5. The Morgan fingerprint density at radius 2 is 2.05 bits per heavy atom. The Bertz CT molecular complexity index is 466. The monoisotopic (exact) mass is 339 g/mol. The van der Waals surface area contributed by atoms with Crippen molar-refractivity contribution in [3.05, 3.63) is 34.3 Å². The molecule has 0 radical (unpaired) electrons. The second-order valence-corrected chi connectivity index (χ2v) is 6.02. The van der Waals surface area contributed by atoms with Gasteiger partial charge in [0.25, 0.3) is 0 Å². The SMILES string of the molecule is CC(=O)N1CCCN(C(CN)c2ccccc2Br)CC1. The van der Waals surface area contributed by atoms with Gasteiger partial charge >= 0.3 is 0 Å². The molecule has 0 bridgehead atoms. The molecule has 1 fully saturated rings. The molecule has 1 unspecified atom stereocenters. The Hall–Kier alpha value is -0.910. The van der Waals surface area contributed by atoms with Crippen LogP contribution in [0.1, 0.15) is 24.9 Å². The van der Waals surface area contributed by atoms with Crippen LogP contribution in [0.5, 0.6) is 0 Å². The second-order valence-electron chi connectivity index (χ2n) is 5.17. The van der Waals surface area contributed by atoms with E-state index in [1.54, 1.807) is 6.92 Å². The number of halogens is 1. The summed E-state index contributed by atoms with van der Waals surface area (Å²) in [4.78, 5) is 15.8. The molecule has 1 aliphatic heterocycles. The number of carbonyl (C=O) groups is 1. The minimum Gasteiger partial charge on any atom is -0.342 e. The van der Waals surface area contributed by atoms with Crippen molar-refractivity contribution >= 4 is 21.8 Å². The molecule has 1 saturated heterocycles. The van der Waals surface area contributed by atoms with E-state index < -0.39 is 0 Å². The van der Waals surface area contributed by atoms with Crippen molar-refractivity contribution in [2.45, 2.75) is 19.4 Å². The normalized spacial score (nSPS) is 18.6. The lowest BCUT2D eigenvalue weighted by atomic mass is 10.1. The summed E-state index contributed by atoms with van der Waals surface area (Å²) in [5.41, 5.74) is 7.23. The molecule has 5 heteroatoms. The summed E-state index contributed by atoms with van der Waals surface area (Å²) in [6, 6.07) is 8.44. The van der Waals surface area contributed by atoms with Crippen LogP contribution in [0.4, 0.5) is 0 Å². The zero-order chi connectivity index (χ0) is 14.5. The first-order valence-corrected chi connectivity index (χ1v) is 7.87. The number of hydrogen-bond acceptors (Lipinski definition) is 3. The van der Waals surface area contributed by atoms with Crippen molar-refractivity contribution in [2.24, 2.45) is 5.73 Å². The molecule has 4 nitrogen and oxygen atoms in total. The fourth-order valence-electron chi connectivity index (χ4n) is 2.78. The molecule has 0 spiro atoms. The Morgan fingerprint density at radius 1 is 1.30 bits per heavy atom. The predicted octanol–water partition coefficient (Wildman–Crippen LogP) is 2.00. The molecule has 1 atom stereocenters. The fourth-order valence-corrected chi connectivity index (χ4v) is 3.33. The molecule has 0 aliphatic carbocycles. The van der Waals surface area contributed by atoms with Gasteiger partial charge in [0.15, 0.2) is 0 Å². The highest BCUT2D eigenvalue weighted by molar-refractivity contribution is 9.10. The summed E-state index contributed by atoms with van der Waals surface area (Å²) in [6.45, 7) is 5.72. The average Bonchev–Trinajstić information content (AvgIpc) is 2.68. The number of carbonyl (C=O) groups excluding carboxylic acids is 1. The van der Waals surface area contributed by atoms with Gasteiger partial charge in [0.05, 0.1) is 0 Å². The Morgan fingerprint density at radius 3 is 2.70 bits per heavy atom. The molecule has 0 saturated carbocycles. The molecule has 20 heavy (non-hydrogen) atoms. The molecule has 1 aromatic rings. The third-order valence-electron chi connectivity index (χ3n) is 3.90. The van der Waals surface area contributed by atoms with Crippen LogP contribution in [0, 0.1) is 0 Å². The van der Waals surface area contributed by atoms with Crippen LogP contribution < -0.4 is 5.73 Å². The van der Waals surface area contributed by atoms with Crippen molar-refractivity contribution in [2.75, 3.05) is 32.7 Å². The van der Waals surface area contributed by atoms with E-state index in [4.69, 9.17) is 5.73 Å². The summed E-state index contributed by atoms with van der Waals surface area (Å²) >= 11 is 3.61. The molecule has 110 valence electrons. The predicted molar refractivity (Wildman–Crippen MR) is 84.4 cm³/mol. The van der Waals surface area contributed by atoms with Crippen LogP contribution >= 0.6 is 15.9 Å². The highest BCUT2D eigenvalue weighted by Crippen LogP contribution is 2.27. The number of nitrogens with zero attached hydrogens (tertiary/aromatic N) is 2. The van der Waals surface area contributed by atoms with Gasteiger partial charge in [-0.2, -0.15) is 0 Å². The number of amides is 1. The molecule has 1 heterocycles. The third-order valence-corrected chi connectivity index (χ3v) is 4.63. The first-order chi connectivity index (χ1) is 9.63. The van der Waals surface area contributed by atoms with E-state index in [0.29, 0.717) is 6.54 Å². The van der Waals surface area contributed by atoms with Crippen LogP contribution in [-0.4, -0.2) is 48.4 Å². The number of rotatable bonds is 3. The van der Waals surface area contributed by atoms with Crippen LogP contribution in [0.3, 0.4) is 0 Å². The van der Waals surface area contributed by atoms with Crippen LogP contribution in [0.2, 0.25) is 0 Å². The minimum absolute atomic E-state index is 0.164. The Balaban J connectivity index is 2.12. The van der Waals surface area contributed by atoms with E-state index in [0.717, 1.165) is 37.1 Å². The fraction of sp³-hybridized carbons (Fsp3) is 0.533. The van der Waals surface area contributed by atoms with E-state index in [2.05, 4.69) is 33.0 Å². The van der Waals surface area contributed by atoms with Crippen molar-refractivity contribution in [1.82, 2.24) is 9.80 Å². The van der Waals surface area contributed by atoms with E-state index in [-0.39, 0.29) is 11.9 Å². The van der Waals surface area contributed by atoms with Gasteiger partial charge in [0.1, 0.15) is 0 Å². The molecular weight excluding hydrogens is 318 g/mol. The Labute approximate surface area is 129 Å². The van der Waals surface area contributed by atoms with Crippen LogP contribution in [-0.2, 0) is 4.79 Å². The second kappa shape index (κ2) is 7.20. The number of nitrogens with two attached hydrogens (primary N) is 1. The highest BCUT2D eigenvalue weighted by Gasteiger charge is 2.24. The molecular formula is C15H22BrN3O. The van der Waals surface area contributed by atoms with Crippen molar-refractivity contribution in [1.29, 1.82) is 0 Å². The van der Waals surface area contributed by atoms with Gasteiger partial charge in [-0.1, -0.05) is 34.1 Å².